The van der Waals surface area contributed by atoms with Gasteiger partial charge in [0, 0.05) is 18.8 Å². The molecule has 0 aromatic carbocycles. The molecule has 1 amide bonds. The molecule has 1 heterocycles. The van der Waals surface area contributed by atoms with Crippen LogP contribution in [0.25, 0.3) is 0 Å². The number of rotatable bonds is 7. The minimum absolute atomic E-state index is 0. The molecule has 0 spiro atoms. The third kappa shape index (κ3) is 6.62. The number of nitrogens with zero attached hydrogens (tertiary/aromatic N) is 1. The van der Waals surface area contributed by atoms with Gasteiger partial charge >= 0.3 is 6.18 Å². The highest BCUT2D eigenvalue weighted by Crippen LogP contribution is 2.18. The number of amides is 1. The Bertz CT molecular complexity index is 483. The molecule has 0 atom stereocenters. The van der Waals surface area contributed by atoms with Crippen molar-refractivity contribution in [2.45, 2.75) is 38.4 Å². The molecule has 0 saturated heterocycles. The molecule has 132 valence electrons. The molecule has 0 aliphatic rings. The SMILES string of the molecule is CCC(CC)(CN)NC(=O)c1ccc(OCC(F)(F)F)nc1.Cl. The molecule has 1 aromatic rings. The fourth-order valence-electron chi connectivity index (χ4n) is 1.84. The van der Waals surface area contributed by atoms with Crippen LogP contribution in [-0.4, -0.2) is 35.8 Å². The molecule has 0 bridgehead atoms. The predicted molar refractivity (Wildman–Crippen MR) is 82.9 cm³/mol. The number of carbonyl (C=O) groups is 1. The highest BCUT2D eigenvalue weighted by Gasteiger charge is 2.29. The van der Waals surface area contributed by atoms with Crippen LogP contribution in [0.1, 0.15) is 37.0 Å². The van der Waals surface area contributed by atoms with Crippen LogP contribution in [0.3, 0.4) is 0 Å². The maximum absolute atomic E-state index is 12.1. The van der Waals surface area contributed by atoms with Crippen LogP contribution in [0.15, 0.2) is 18.3 Å². The molecule has 0 aliphatic carbocycles. The lowest BCUT2D eigenvalue weighted by Crippen LogP contribution is -2.52. The Balaban J connectivity index is 0.00000484. The Kier molecular flexibility index (Phi) is 8.33. The summed E-state index contributed by atoms with van der Waals surface area (Å²) in [6.45, 7) is 2.71. The van der Waals surface area contributed by atoms with Gasteiger partial charge in [0.1, 0.15) is 0 Å². The number of nitrogens with two attached hydrogens (primary N) is 1. The molecule has 0 aliphatic heterocycles. The van der Waals surface area contributed by atoms with Crippen molar-refractivity contribution in [2.75, 3.05) is 13.2 Å². The van der Waals surface area contributed by atoms with E-state index in [1.807, 2.05) is 13.8 Å². The molecule has 0 unspecified atom stereocenters. The monoisotopic (exact) mass is 355 g/mol. The normalized spacial score (nSPS) is 11.6. The molecule has 1 rings (SSSR count). The number of nitrogens with one attached hydrogen (secondary N) is 1. The smallest absolute Gasteiger partial charge is 0.422 e. The van der Waals surface area contributed by atoms with Crippen molar-refractivity contribution in [3.63, 3.8) is 0 Å². The van der Waals surface area contributed by atoms with Crippen LogP contribution < -0.4 is 15.8 Å². The largest absolute Gasteiger partial charge is 0.468 e. The lowest BCUT2D eigenvalue weighted by atomic mass is 9.92. The average Bonchev–Trinajstić information content (AvgIpc) is 2.50. The second-order valence-electron chi connectivity index (χ2n) is 4.93. The molecule has 0 fully saturated rings. The number of aromatic nitrogens is 1. The zero-order chi connectivity index (χ0) is 16.8. The number of ether oxygens (including phenoxy) is 1. The molecule has 1 aromatic heterocycles. The van der Waals surface area contributed by atoms with Gasteiger partial charge < -0.3 is 15.8 Å². The molecule has 0 saturated carbocycles. The summed E-state index contributed by atoms with van der Waals surface area (Å²) in [5, 5.41) is 2.85. The van der Waals surface area contributed by atoms with E-state index in [0.717, 1.165) is 0 Å². The number of halogens is 4. The summed E-state index contributed by atoms with van der Waals surface area (Å²) in [5.41, 5.74) is 5.44. The van der Waals surface area contributed by atoms with Gasteiger partial charge in [-0.3, -0.25) is 4.79 Å². The van der Waals surface area contributed by atoms with E-state index >= 15 is 0 Å². The maximum Gasteiger partial charge on any atom is 0.422 e. The second kappa shape index (κ2) is 8.93. The summed E-state index contributed by atoms with van der Waals surface area (Å²) in [6.07, 6.45) is -1.91. The second-order valence-corrected chi connectivity index (χ2v) is 4.93. The first-order valence-corrected chi connectivity index (χ1v) is 6.93. The maximum atomic E-state index is 12.1. The van der Waals surface area contributed by atoms with Crippen LogP contribution in [0.4, 0.5) is 13.2 Å². The van der Waals surface area contributed by atoms with Crippen molar-refractivity contribution >= 4 is 18.3 Å². The van der Waals surface area contributed by atoms with Gasteiger partial charge in [0.15, 0.2) is 6.61 Å². The van der Waals surface area contributed by atoms with Crippen molar-refractivity contribution in [3.05, 3.63) is 23.9 Å². The molecular weight excluding hydrogens is 335 g/mol. The summed E-state index contributed by atoms with van der Waals surface area (Å²) >= 11 is 0. The first-order valence-electron chi connectivity index (χ1n) is 6.93. The summed E-state index contributed by atoms with van der Waals surface area (Å²) in [7, 11) is 0. The van der Waals surface area contributed by atoms with E-state index in [0.29, 0.717) is 19.4 Å². The van der Waals surface area contributed by atoms with E-state index in [1.54, 1.807) is 0 Å². The summed E-state index contributed by atoms with van der Waals surface area (Å²) < 4.78 is 40.6. The van der Waals surface area contributed by atoms with Crippen LogP contribution in [-0.2, 0) is 0 Å². The zero-order valence-electron chi connectivity index (χ0n) is 12.9. The van der Waals surface area contributed by atoms with E-state index in [1.165, 1.54) is 18.3 Å². The number of carbonyl (C=O) groups excluding carboxylic acids is 1. The van der Waals surface area contributed by atoms with E-state index in [4.69, 9.17) is 5.73 Å². The van der Waals surface area contributed by atoms with E-state index in [9.17, 15) is 18.0 Å². The highest BCUT2D eigenvalue weighted by atomic mass is 35.5. The third-order valence-electron chi connectivity index (χ3n) is 3.51. The minimum atomic E-state index is -4.43. The van der Waals surface area contributed by atoms with Crippen molar-refractivity contribution in [1.29, 1.82) is 0 Å². The summed E-state index contributed by atoms with van der Waals surface area (Å²) in [5.74, 6) is -0.561. The van der Waals surface area contributed by atoms with Crippen LogP contribution in [0.2, 0.25) is 0 Å². The zero-order valence-corrected chi connectivity index (χ0v) is 13.8. The lowest BCUT2D eigenvalue weighted by molar-refractivity contribution is -0.154. The summed E-state index contributed by atoms with van der Waals surface area (Å²) in [4.78, 5) is 15.8. The number of alkyl halides is 3. The topological polar surface area (TPSA) is 77.2 Å². The van der Waals surface area contributed by atoms with Gasteiger partial charge in [0.25, 0.3) is 5.91 Å². The molecule has 23 heavy (non-hydrogen) atoms. The lowest BCUT2D eigenvalue weighted by Gasteiger charge is -2.31. The quantitative estimate of drug-likeness (QED) is 0.788. The van der Waals surface area contributed by atoms with Crippen LogP contribution >= 0.6 is 12.4 Å². The molecule has 5 nitrogen and oxygen atoms in total. The van der Waals surface area contributed by atoms with E-state index in [-0.39, 0.29) is 29.8 Å². The van der Waals surface area contributed by atoms with Crippen molar-refractivity contribution in [1.82, 2.24) is 10.3 Å². The Hall–Kier alpha value is -1.54. The molecule has 0 radical (unpaired) electrons. The first-order chi connectivity index (χ1) is 10.2. The van der Waals surface area contributed by atoms with Gasteiger partial charge in [0.05, 0.1) is 11.1 Å². The summed E-state index contributed by atoms with van der Waals surface area (Å²) in [6, 6.07) is 2.59. The number of hydrogen-bond acceptors (Lipinski definition) is 4. The van der Waals surface area contributed by atoms with Crippen molar-refractivity contribution in [2.24, 2.45) is 5.73 Å². The molecule has 9 heteroatoms. The number of hydrogen-bond donors (Lipinski definition) is 2. The van der Waals surface area contributed by atoms with Crippen molar-refractivity contribution < 1.29 is 22.7 Å². The van der Waals surface area contributed by atoms with Crippen LogP contribution in [0.5, 0.6) is 5.88 Å². The van der Waals surface area contributed by atoms with E-state index < -0.39 is 18.3 Å². The Morgan fingerprint density at radius 1 is 1.30 bits per heavy atom. The Morgan fingerprint density at radius 3 is 2.30 bits per heavy atom. The van der Waals surface area contributed by atoms with Gasteiger partial charge in [-0.05, 0) is 18.9 Å². The van der Waals surface area contributed by atoms with Gasteiger partial charge in [-0.15, -0.1) is 12.4 Å². The molecule has 3 N–H and O–H groups in total. The minimum Gasteiger partial charge on any atom is -0.468 e. The third-order valence-corrected chi connectivity index (χ3v) is 3.51. The predicted octanol–water partition coefficient (Wildman–Crippen LogP) is 2.69. The standard InChI is InChI=1S/C14H20F3N3O2.ClH/c1-3-13(4-2,8-18)20-12(21)10-5-6-11(19-7-10)22-9-14(15,16)17;/h5-7H,3-4,8-9,18H2,1-2H3,(H,20,21);1H. The molecular formula is C14H21ClF3N3O2. The van der Waals surface area contributed by atoms with Gasteiger partial charge in [-0.2, -0.15) is 13.2 Å². The average molecular weight is 356 g/mol. The van der Waals surface area contributed by atoms with Gasteiger partial charge in [-0.1, -0.05) is 13.8 Å². The fraction of sp³-hybridized carbons (Fsp3) is 0.571. The van der Waals surface area contributed by atoms with E-state index in [2.05, 4.69) is 15.0 Å². The van der Waals surface area contributed by atoms with Gasteiger partial charge in [0.2, 0.25) is 5.88 Å². The van der Waals surface area contributed by atoms with Gasteiger partial charge in [-0.25, -0.2) is 4.98 Å². The fourth-order valence-corrected chi connectivity index (χ4v) is 1.84. The van der Waals surface area contributed by atoms with Crippen LogP contribution in [0, 0.1) is 0 Å². The first kappa shape index (κ1) is 21.5. The highest BCUT2D eigenvalue weighted by molar-refractivity contribution is 5.94. The number of pyridine rings is 1. The Morgan fingerprint density at radius 2 is 1.91 bits per heavy atom. The Labute approximate surface area is 139 Å². The van der Waals surface area contributed by atoms with Crippen molar-refractivity contribution in [3.8, 4) is 5.88 Å².